The summed E-state index contributed by atoms with van der Waals surface area (Å²) in [6.07, 6.45) is 1.38. The summed E-state index contributed by atoms with van der Waals surface area (Å²) in [7, 11) is -4.12. The van der Waals surface area contributed by atoms with Crippen molar-refractivity contribution in [2.24, 2.45) is 5.10 Å². The van der Waals surface area contributed by atoms with Crippen LogP contribution in [0.1, 0.15) is 5.56 Å². The lowest BCUT2D eigenvalue weighted by Crippen LogP contribution is -2.39. The van der Waals surface area contributed by atoms with Crippen molar-refractivity contribution in [1.82, 2.24) is 5.43 Å². The molecule has 2 N–H and O–H groups in total. The predicted molar refractivity (Wildman–Crippen MR) is 165 cm³/mol. The molecule has 4 aromatic carbocycles. The van der Waals surface area contributed by atoms with Gasteiger partial charge in [-0.1, -0.05) is 65.1 Å². The van der Waals surface area contributed by atoms with Crippen LogP contribution >= 0.6 is 34.8 Å². The Morgan fingerprint density at radius 1 is 0.810 bits per heavy atom. The van der Waals surface area contributed by atoms with Gasteiger partial charge in [0.1, 0.15) is 12.3 Å². The van der Waals surface area contributed by atoms with Gasteiger partial charge in [0, 0.05) is 0 Å². The van der Waals surface area contributed by atoms with Crippen LogP contribution in [0, 0.1) is 0 Å². The van der Waals surface area contributed by atoms with Crippen molar-refractivity contribution in [3.05, 3.63) is 118 Å². The minimum Gasteiger partial charge on any atom is -0.484 e. The molecule has 0 atom stereocenters. The molecule has 0 saturated heterocycles. The molecule has 0 heterocycles. The molecule has 0 fully saturated rings. The monoisotopic (exact) mass is 644 g/mol. The zero-order valence-corrected chi connectivity index (χ0v) is 24.8. The second kappa shape index (κ2) is 14.2. The summed E-state index contributed by atoms with van der Waals surface area (Å²) in [5.41, 5.74) is 3.59. The van der Waals surface area contributed by atoms with Crippen LogP contribution in [0.15, 0.2) is 107 Å². The predicted octanol–water partition coefficient (Wildman–Crippen LogP) is 6.01. The van der Waals surface area contributed by atoms with Gasteiger partial charge < -0.3 is 10.1 Å². The molecule has 0 spiro atoms. The van der Waals surface area contributed by atoms with Crippen molar-refractivity contribution >= 4 is 74.2 Å². The first-order valence-corrected chi connectivity index (χ1v) is 14.8. The van der Waals surface area contributed by atoms with Crippen LogP contribution in [0.3, 0.4) is 0 Å². The molecule has 0 saturated carbocycles. The number of carbonyl (C=O) groups is 2. The van der Waals surface area contributed by atoms with Crippen LogP contribution in [0.2, 0.25) is 15.1 Å². The van der Waals surface area contributed by atoms with Gasteiger partial charge in [-0.05, 0) is 72.3 Å². The highest BCUT2D eigenvalue weighted by Gasteiger charge is 2.27. The van der Waals surface area contributed by atoms with Gasteiger partial charge in [0.15, 0.2) is 6.61 Å². The molecule has 4 aromatic rings. The quantitative estimate of drug-likeness (QED) is 0.153. The average Bonchev–Trinajstić information content (AvgIpc) is 2.98. The lowest BCUT2D eigenvalue weighted by molar-refractivity contribution is -0.119. The maximum absolute atomic E-state index is 13.4. The Morgan fingerprint density at radius 3 is 2.19 bits per heavy atom. The second-order valence-corrected chi connectivity index (χ2v) is 11.7. The fourth-order valence-corrected chi connectivity index (χ4v) is 5.48. The first-order valence-electron chi connectivity index (χ1n) is 12.3. The third kappa shape index (κ3) is 8.23. The molecule has 0 aliphatic carbocycles. The summed E-state index contributed by atoms with van der Waals surface area (Å²) in [6.45, 7) is -0.800. The molecule has 0 bridgehead atoms. The van der Waals surface area contributed by atoms with Crippen molar-refractivity contribution in [2.75, 3.05) is 22.8 Å². The molecule has 9 nitrogen and oxygen atoms in total. The van der Waals surface area contributed by atoms with Gasteiger partial charge in [0.2, 0.25) is 0 Å². The molecule has 216 valence electrons. The van der Waals surface area contributed by atoms with Crippen LogP contribution in [-0.2, 0) is 19.6 Å². The first-order chi connectivity index (χ1) is 20.1. The Balaban J connectivity index is 1.36. The number of anilines is 2. The van der Waals surface area contributed by atoms with E-state index in [1.165, 1.54) is 36.5 Å². The second-order valence-electron chi connectivity index (χ2n) is 8.60. The molecule has 0 aliphatic heterocycles. The summed E-state index contributed by atoms with van der Waals surface area (Å²) >= 11 is 18.2. The number of nitrogens with zero attached hydrogens (tertiary/aromatic N) is 2. The van der Waals surface area contributed by atoms with E-state index in [9.17, 15) is 18.0 Å². The lowest BCUT2D eigenvalue weighted by Gasteiger charge is -2.24. The summed E-state index contributed by atoms with van der Waals surface area (Å²) in [5, 5.41) is 7.38. The zero-order chi connectivity index (χ0) is 30.1. The SMILES string of the molecule is O=C(CN(c1ccc(Cl)c(Cl)c1)S(=O)(=O)c1ccccc1)N/N=C\c1ccc(OCC(=O)Nc2ccccc2Cl)cc1. The highest BCUT2D eigenvalue weighted by atomic mass is 35.5. The van der Waals surface area contributed by atoms with E-state index >= 15 is 0 Å². The number of para-hydroxylation sites is 1. The van der Waals surface area contributed by atoms with E-state index in [1.807, 2.05) is 0 Å². The third-order valence-corrected chi connectivity index (χ3v) is 8.47. The number of hydrogen-bond acceptors (Lipinski definition) is 6. The van der Waals surface area contributed by atoms with Crippen LogP contribution in [0.25, 0.3) is 0 Å². The number of benzene rings is 4. The number of amides is 2. The van der Waals surface area contributed by atoms with E-state index in [4.69, 9.17) is 39.5 Å². The average molecular weight is 646 g/mol. The number of ether oxygens (including phenoxy) is 1. The summed E-state index contributed by atoms with van der Waals surface area (Å²) < 4.78 is 33.2. The zero-order valence-electron chi connectivity index (χ0n) is 21.7. The Hall–Kier alpha value is -4.09. The minimum atomic E-state index is -4.12. The largest absolute Gasteiger partial charge is 0.484 e. The van der Waals surface area contributed by atoms with Gasteiger partial charge >= 0.3 is 0 Å². The van der Waals surface area contributed by atoms with Crippen LogP contribution in [0.4, 0.5) is 11.4 Å². The molecule has 2 amide bonds. The van der Waals surface area contributed by atoms with Crippen molar-refractivity contribution in [3.63, 3.8) is 0 Å². The van der Waals surface area contributed by atoms with Crippen molar-refractivity contribution in [3.8, 4) is 5.75 Å². The van der Waals surface area contributed by atoms with Crippen molar-refractivity contribution < 1.29 is 22.7 Å². The number of carbonyl (C=O) groups excluding carboxylic acids is 2. The van der Waals surface area contributed by atoms with E-state index in [2.05, 4.69) is 15.8 Å². The Morgan fingerprint density at radius 2 is 1.50 bits per heavy atom. The maximum atomic E-state index is 13.4. The number of nitrogens with one attached hydrogen (secondary N) is 2. The van der Waals surface area contributed by atoms with Crippen LogP contribution in [-0.4, -0.2) is 39.6 Å². The van der Waals surface area contributed by atoms with Gasteiger partial charge in [-0.2, -0.15) is 5.10 Å². The number of sulfonamides is 1. The van der Waals surface area contributed by atoms with Crippen molar-refractivity contribution in [1.29, 1.82) is 0 Å². The highest BCUT2D eigenvalue weighted by Crippen LogP contribution is 2.30. The molecule has 0 radical (unpaired) electrons. The lowest BCUT2D eigenvalue weighted by atomic mass is 10.2. The Kier molecular flexibility index (Phi) is 10.4. The van der Waals surface area contributed by atoms with E-state index < -0.39 is 22.5 Å². The van der Waals surface area contributed by atoms with Gasteiger partial charge in [0.05, 0.1) is 37.6 Å². The van der Waals surface area contributed by atoms with Gasteiger partial charge in [-0.25, -0.2) is 13.8 Å². The number of hydrogen-bond donors (Lipinski definition) is 2. The summed E-state index contributed by atoms with van der Waals surface area (Å²) in [5.74, 6) is -0.629. The normalized spacial score (nSPS) is 11.2. The summed E-state index contributed by atoms with van der Waals surface area (Å²) in [4.78, 5) is 24.9. The standard InChI is InChI=1S/C29H23Cl3N4O5S/c30-24-15-12-21(16-26(24)32)36(42(39,40)23-6-2-1-3-7-23)18-28(37)35-33-17-20-10-13-22(14-11-20)41-19-29(38)34-27-9-5-4-8-25(27)31/h1-17H,18-19H2,(H,34,38)(H,35,37)/b33-17-. The first kappa shape index (κ1) is 30.9. The van der Waals surface area contributed by atoms with E-state index in [-0.39, 0.29) is 33.1 Å². The molecule has 4 rings (SSSR count). The van der Waals surface area contributed by atoms with E-state index in [1.54, 1.807) is 66.7 Å². The third-order valence-electron chi connectivity index (χ3n) is 5.61. The number of hydrazone groups is 1. The number of rotatable bonds is 11. The molecular weight excluding hydrogens is 623 g/mol. The molecule has 0 aromatic heterocycles. The summed E-state index contributed by atoms with van der Waals surface area (Å²) in [6, 6.07) is 25.4. The van der Waals surface area contributed by atoms with Gasteiger partial charge in [-0.15, -0.1) is 0 Å². The molecule has 42 heavy (non-hydrogen) atoms. The fourth-order valence-electron chi connectivity index (χ4n) is 3.57. The van der Waals surface area contributed by atoms with E-state index in [0.29, 0.717) is 22.0 Å². The van der Waals surface area contributed by atoms with E-state index in [0.717, 1.165) is 4.31 Å². The molecular formula is C29H23Cl3N4O5S. The van der Waals surface area contributed by atoms with Crippen molar-refractivity contribution in [2.45, 2.75) is 4.90 Å². The Bertz CT molecular complexity index is 1700. The highest BCUT2D eigenvalue weighted by molar-refractivity contribution is 7.92. The molecule has 0 aliphatic rings. The topological polar surface area (TPSA) is 117 Å². The molecule has 0 unspecified atom stereocenters. The smallest absolute Gasteiger partial charge is 0.264 e. The van der Waals surface area contributed by atoms with Gasteiger partial charge in [-0.3, -0.25) is 13.9 Å². The number of halogens is 3. The van der Waals surface area contributed by atoms with Gasteiger partial charge in [0.25, 0.3) is 21.8 Å². The fraction of sp³-hybridized carbons (Fsp3) is 0.0690. The Labute approximate surface area is 257 Å². The van der Waals surface area contributed by atoms with Crippen LogP contribution in [0.5, 0.6) is 5.75 Å². The maximum Gasteiger partial charge on any atom is 0.264 e. The van der Waals surface area contributed by atoms with Crippen LogP contribution < -0.4 is 19.8 Å². The molecule has 13 heteroatoms. The minimum absolute atomic E-state index is 0.00368.